The Hall–Kier alpha value is -2.10. The van der Waals surface area contributed by atoms with E-state index in [0.717, 1.165) is 62.5 Å². The molecule has 0 bridgehead atoms. The molecule has 0 atom stereocenters. The van der Waals surface area contributed by atoms with Gasteiger partial charge in [-0.1, -0.05) is 31.5 Å². The summed E-state index contributed by atoms with van der Waals surface area (Å²) in [5, 5.41) is 19.8. The summed E-state index contributed by atoms with van der Waals surface area (Å²) in [6, 6.07) is 8.06. The molecule has 2 rings (SSSR count). The molecular formula is C19H29ClN4O4S. The molecule has 1 saturated heterocycles. The molecule has 0 unspecified atom stereocenters. The molecule has 10 heteroatoms. The van der Waals surface area contributed by atoms with Gasteiger partial charge in [-0.2, -0.15) is 0 Å². The number of nitrogens with zero attached hydrogens (tertiary/aromatic N) is 3. The molecule has 1 fully saturated rings. The van der Waals surface area contributed by atoms with Crippen molar-refractivity contribution in [2.45, 2.75) is 13.8 Å². The van der Waals surface area contributed by atoms with Crippen molar-refractivity contribution in [3.05, 3.63) is 29.3 Å². The number of hydrogen-bond acceptors (Lipinski definition) is 5. The third-order valence-electron chi connectivity index (χ3n) is 4.52. The van der Waals surface area contributed by atoms with Crippen LogP contribution in [0.2, 0.25) is 5.02 Å². The van der Waals surface area contributed by atoms with E-state index in [-0.39, 0.29) is 0 Å². The van der Waals surface area contributed by atoms with E-state index in [9.17, 15) is 0 Å². The van der Waals surface area contributed by atoms with Crippen molar-refractivity contribution in [1.29, 1.82) is 0 Å². The van der Waals surface area contributed by atoms with Crippen LogP contribution in [0.1, 0.15) is 13.8 Å². The lowest BCUT2D eigenvalue weighted by Gasteiger charge is -2.37. The summed E-state index contributed by atoms with van der Waals surface area (Å²) in [4.78, 5) is 25.2. The van der Waals surface area contributed by atoms with Gasteiger partial charge in [-0.25, -0.2) is 9.59 Å². The lowest BCUT2D eigenvalue weighted by molar-refractivity contribution is -0.159. The maximum absolute atomic E-state index is 9.10. The number of carbonyl (C=O) groups is 2. The Balaban J connectivity index is 0.000000612. The Kier molecular flexibility index (Phi) is 11.3. The third kappa shape index (κ3) is 9.29. The molecule has 0 aliphatic carbocycles. The molecule has 1 aromatic rings. The summed E-state index contributed by atoms with van der Waals surface area (Å²) in [6.07, 6.45) is 0. The fourth-order valence-electron chi connectivity index (χ4n) is 2.81. The minimum Gasteiger partial charge on any atom is -0.473 e. The number of halogens is 1. The van der Waals surface area contributed by atoms with Crippen molar-refractivity contribution in [2.75, 3.05) is 57.3 Å². The van der Waals surface area contributed by atoms with Crippen molar-refractivity contribution in [1.82, 2.24) is 15.1 Å². The van der Waals surface area contributed by atoms with Crippen molar-refractivity contribution >= 4 is 46.6 Å². The summed E-state index contributed by atoms with van der Waals surface area (Å²) in [5.41, 5.74) is 1.19. The second-order valence-electron chi connectivity index (χ2n) is 6.32. The SMILES string of the molecule is CCN(CC)CCNC(=S)N1CCN(c2cccc(Cl)c2)CC1.O=C(O)C(=O)O. The lowest BCUT2D eigenvalue weighted by atomic mass is 10.2. The highest BCUT2D eigenvalue weighted by atomic mass is 35.5. The second kappa shape index (κ2) is 13.2. The predicted molar refractivity (Wildman–Crippen MR) is 119 cm³/mol. The molecule has 3 N–H and O–H groups in total. The van der Waals surface area contributed by atoms with Crippen LogP contribution in [0.5, 0.6) is 0 Å². The average molecular weight is 445 g/mol. The summed E-state index contributed by atoms with van der Waals surface area (Å²) >= 11 is 11.6. The van der Waals surface area contributed by atoms with E-state index >= 15 is 0 Å². The summed E-state index contributed by atoms with van der Waals surface area (Å²) in [5.74, 6) is -3.65. The first-order valence-corrected chi connectivity index (χ1v) is 10.3. The number of thiocarbonyl (C=S) groups is 1. The van der Waals surface area contributed by atoms with E-state index in [1.165, 1.54) is 5.69 Å². The van der Waals surface area contributed by atoms with Crippen LogP contribution in [0.4, 0.5) is 5.69 Å². The number of benzene rings is 1. The predicted octanol–water partition coefficient (Wildman–Crippen LogP) is 1.83. The average Bonchev–Trinajstić information content (AvgIpc) is 2.71. The number of rotatable bonds is 6. The molecule has 0 aromatic heterocycles. The second-order valence-corrected chi connectivity index (χ2v) is 7.15. The van der Waals surface area contributed by atoms with E-state index in [1.807, 2.05) is 18.2 Å². The van der Waals surface area contributed by atoms with Gasteiger partial charge in [0.15, 0.2) is 5.11 Å². The summed E-state index contributed by atoms with van der Waals surface area (Å²) < 4.78 is 0. The standard InChI is InChI=1S/C17H27ClN4S.C2H2O4/c1-3-20(4-2)9-8-19-17(23)22-12-10-21(11-13-22)16-7-5-6-15(18)14-16;3-1(4)2(5)6/h5-7,14H,3-4,8-13H2,1-2H3,(H,19,23);(H,3,4)(H,5,6). The quantitative estimate of drug-likeness (QED) is 0.448. The van der Waals surface area contributed by atoms with Crippen LogP contribution in [0, 0.1) is 0 Å². The van der Waals surface area contributed by atoms with Gasteiger partial charge < -0.3 is 30.2 Å². The molecule has 29 heavy (non-hydrogen) atoms. The molecule has 0 spiro atoms. The Bertz CT molecular complexity index is 668. The van der Waals surface area contributed by atoms with E-state index in [2.05, 4.69) is 39.9 Å². The Morgan fingerprint density at radius 1 is 1.14 bits per heavy atom. The molecule has 0 saturated carbocycles. The molecule has 1 heterocycles. The van der Waals surface area contributed by atoms with Gasteiger partial charge in [-0.15, -0.1) is 0 Å². The van der Waals surface area contributed by atoms with Crippen LogP contribution in [-0.4, -0.2) is 89.4 Å². The molecule has 0 amide bonds. The molecule has 1 aromatic carbocycles. The van der Waals surface area contributed by atoms with E-state index < -0.39 is 11.9 Å². The maximum Gasteiger partial charge on any atom is 0.414 e. The first kappa shape index (κ1) is 24.9. The summed E-state index contributed by atoms with van der Waals surface area (Å²) in [6.45, 7) is 12.3. The monoisotopic (exact) mass is 444 g/mol. The van der Waals surface area contributed by atoms with Crippen LogP contribution < -0.4 is 10.2 Å². The zero-order valence-corrected chi connectivity index (χ0v) is 18.4. The van der Waals surface area contributed by atoms with Crippen molar-refractivity contribution < 1.29 is 19.8 Å². The topological polar surface area (TPSA) is 96.4 Å². The molecule has 1 aliphatic rings. The van der Waals surface area contributed by atoms with Crippen molar-refractivity contribution in [3.63, 3.8) is 0 Å². The normalized spacial score (nSPS) is 13.5. The van der Waals surface area contributed by atoms with Crippen LogP contribution in [0.25, 0.3) is 0 Å². The van der Waals surface area contributed by atoms with E-state index in [0.29, 0.717) is 0 Å². The van der Waals surface area contributed by atoms with Crippen LogP contribution in [-0.2, 0) is 9.59 Å². The smallest absolute Gasteiger partial charge is 0.414 e. The summed E-state index contributed by atoms with van der Waals surface area (Å²) in [7, 11) is 0. The Morgan fingerprint density at radius 3 is 2.21 bits per heavy atom. The van der Waals surface area contributed by atoms with Crippen LogP contribution in [0.3, 0.4) is 0 Å². The minimum absolute atomic E-state index is 0.790. The number of anilines is 1. The maximum atomic E-state index is 9.10. The molecule has 162 valence electrons. The van der Waals surface area contributed by atoms with E-state index in [1.54, 1.807) is 0 Å². The fraction of sp³-hybridized carbons (Fsp3) is 0.526. The molecule has 8 nitrogen and oxygen atoms in total. The Labute approximate surface area is 182 Å². The fourth-order valence-corrected chi connectivity index (χ4v) is 3.28. The zero-order valence-electron chi connectivity index (χ0n) is 16.8. The van der Waals surface area contributed by atoms with Gasteiger partial charge in [0.2, 0.25) is 0 Å². The number of aliphatic carboxylic acids is 2. The number of hydrogen-bond donors (Lipinski definition) is 3. The highest BCUT2D eigenvalue weighted by molar-refractivity contribution is 7.80. The van der Waals surface area contributed by atoms with Crippen molar-refractivity contribution in [2.24, 2.45) is 0 Å². The Morgan fingerprint density at radius 2 is 1.72 bits per heavy atom. The van der Waals surface area contributed by atoms with Crippen molar-refractivity contribution in [3.8, 4) is 0 Å². The number of piperazine rings is 1. The number of likely N-dealkylation sites (N-methyl/N-ethyl adjacent to an activating group) is 1. The first-order valence-electron chi connectivity index (χ1n) is 9.50. The first-order chi connectivity index (χ1) is 13.8. The number of nitrogens with one attached hydrogen (secondary N) is 1. The van der Waals surface area contributed by atoms with Crippen LogP contribution in [0.15, 0.2) is 24.3 Å². The zero-order chi connectivity index (χ0) is 21.8. The molecular weight excluding hydrogens is 416 g/mol. The highest BCUT2D eigenvalue weighted by Gasteiger charge is 2.19. The van der Waals surface area contributed by atoms with Gasteiger partial charge in [0.25, 0.3) is 0 Å². The minimum atomic E-state index is -1.82. The van der Waals surface area contributed by atoms with E-state index in [4.69, 9.17) is 43.6 Å². The van der Waals surface area contributed by atoms with Gasteiger partial charge in [0, 0.05) is 50.0 Å². The van der Waals surface area contributed by atoms with Gasteiger partial charge in [-0.3, -0.25) is 0 Å². The van der Waals surface area contributed by atoms with Gasteiger partial charge >= 0.3 is 11.9 Å². The molecule has 0 radical (unpaired) electrons. The third-order valence-corrected chi connectivity index (χ3v) is 5.16. The highest BCUT2D eigenvalue weighted by Crippen LogP contribution is 2.20. The number of carboxylic acids is 2. The van der Waals surface area contributed by atoms with Gasteiger partial charge in [0.05, 0.1) is 0 Å². The molecule has 1 aliphatic heterocycles. The lowest BCUT2D eigenvalue weighted by Crippen LogP contribution is -2.52. The van der Waals surface area contributed by atoms with Gasteiger partial charge in [-0.05, 0) is 43.5 Å². The van der Waals surface area contributed by atoms with Gasteiger partial charge in [0.1, 0.15) is 0 Å². The number of carboxylic acid groups (broad SMARTS) is 2. The van der Waals surface area contributed by atoms with Crippen LogP contribution >= 0.6 is 23.8 Å². The largest absolute Gasteiger partial charge is 0.473 e.